The quantitative estimate of drug-likeness (QED) is 0.878. The van der Waals surface area contributed by atoms with Gasteiger partial charge in [-0.05, 0) is 36.5 Å². The van der Waals surface area contributed by atoms with Crippen LogP contribution < -0.4 is 5.73 Å². The van der Waals surface area contributed by atoms with E-state index in [2.05, 4.69) is 22.6 Å². The Kier molecular flexibility index (Phi) is 4.19. The molecule has 0 aromatic carbocycles. The van der Waals surface area contributed by atoms with Gasteiger partial charge in [-0.25, -0.2) is 4.98 Å². The molecule has 1 aliphatic carbocycles. The van der Waals surface area contributed by atoms with Crippen LogP contribution >= 0.6 is 0 Å². The van der Waals surface area contributed by atoms with Crippen molar-refractivity contribution >= 4 is 5.70 Å². The van der Waals surface area contributed by atoms with Gasteiger partial charge in [0.05, 0.1) is 11.4 Å². The molecule has 0 fully saturated rings. The molecule has 1 unspecified atom stereocenters. The van der Waals surface area contributed by atoms with Crippen LogP contribution in [0.2, 0.25) is 0 Å². The minimum absolute atomic E-state index is 0.438. The average Bonchev–Trinajstić information content (AvgIpc) is 2.99. The molecule has 0 spiro atoms. The van der Waals surface area contributed by atoms with Crippen LogP contribution in [0.4, 0.5) is 0 Å². The minimum Gasteiger partial charge on any atom is -0.440 e. The van der Waals surface area contributed by atoms with E-state index in [1.54, 1.807) is 18.3 Å². The molecule has 22 heavy (non-hydrogen) atoms. The highest BCUT2D eigenvalue weighted by Gasteiger charge is 2.25. The Morgan fingerprint density at radius 3 is 3.09 bits per heavy atom. The maximum atomic E-state index is 6.00. The smallest absolute Gasteiger partial charge is 0.242 e. The maximum absolute atomic E-state index is 6.00. The standard InChI is InChI=1S/C18H19N3O/c1-2-3-4-7-15(19)18-21-16-9-8-13(11-17(16)22-18)14-6-5-10-20-12-14/h2-7,10,12-13H,1,8-9,11,19H2/b4-3-,15-7-. The van der Waals surface area contributed by atoms with Crippen molar-refractivity contribution in [2.75, 3.05) is 0 Å². The summed E-state index contributed by atoms with van der Waals surface area (Å²) in [4.78, 5) is 8.72. The van der Waals surface area contributed by atoms with E-state index < -0.39 is 0 Å². The molecule has 112 valence electrons. The normalized spacial score (nSPS) is 18.4. The molecule has 2 aromatic heterocycles. The van der Waals surface area contributed by atoms with E-state index in [9.17, 15) is 0 Å². The van der Waals surface area contributed by atoms with Crippen LogP contribution in [0.3, 0.4) is 0 Å². The third-order valence-corrected chi connectivity index (χ3v) is 3.87. The number of oxazole rings is 1. The highest BCUT2D eigenvalue weighted by Crippen LogP contribution is 2.33. The number of fused-ring (bicyclic) bond motifs is 1. The van der Waals surface area contributed by atoms with Crippen molar-refractivity contribution < 1.29 is 4.42 Å². The van der Waals surface area contributed by atoms with Crippen molar-refractivity contribution in [3.63, 3.8) is 0 Å². The van der Waals surface area contributed by atoms with Gasteiger partial charge in [0.1, 0.15) is 5.76 Å². The third kappa shape index (κ3) is 3.01. The number of hydrogen-bond donors (Lipinski definition) is 1. The van der Waals surface area contributed by atoms with Gasteiger partial charge in [0.15, 0.2) is 0 Å². The van der Waals surface area contributed by atoms with E-state index in [0.717, 1.165) is 30.7 Å². The number of rotatable bonds is 4. The molecular weight excluding hydrogens is 274 g/mol. The lowest BCUT2D eigenvalue weighted by Crippen LogP contribution is -2.11. The molecule has 0 aliphatic heterocycles. The van der Waals surface area contributed by atoms with Gasteiger partial charge in [-0.15, -0.1) is 0 Å². The van der Waals surface area contributed by atoms with E-state index in [0.29, 0.717) is 17.5 Å². The predicted molar refractivity (Wildman–Crippen MR) is 87.0 cm³/mol. The zero-order chi connectivity index (χ0) is 15.4. The summed E-state index contributed by atoms with van der Waals surface area (Å²) in [6.45, 7) is 3.62. The summed E-state index contributed by atoms with van der Waals surface area (Å²) in [7, 11) is 0. The molecule has 4 nitrogen and oxygen atoms in total. The van der Waals surface area contributed by atoms with Crippen molar-refractivity contribution in [1.82, 2.24) is 9.97 Å². The number of pyridine rings is 1. The molecule has 0 radical (unpaired) electrons. The van der Waals surface area contributed by atoms with Crippen molar-refractivity contribution in [1.29, 1.82) is 0 Å². The van der Waals surface area contributed by atoms with Gasteiger partial charge in [0, 0.05) is 18.8 Å². The monoisotopic (exact) mass is 293 g/mol. The number of nitrogens with zero attached hydrogens (tertiary/aromatic N) is 2. The van der Waals surface area contributed by atoms with Crippen LogP contribution in [0.1, 0.15) is 35.2 Å². The number of aryl methyl sites for hydroxylation is 1. The summed E-state index contributed by atoms with van der Waals surface area (Å²) in [5, 5.41) is 0. The first-order valence-electron chi connectivity index (χ1n) is 7.41. The first-order valence-corrected chi connectivity index (χ1v) is 7.41. The molecule has 0 saturated carbocycles. The van der Waals surface area contributed by atoms with Gasteiger partial charge in [-0.3, -0.25) is 4.98 Å². The predicted octanol–water partition coefficient (Wildman–Crippen LogP) is 3.38. The summed E-state index contributed by atoms with van der Waals surface area (Å²) in [6.07, 6.45) is 13.7. The maximum Gasteiger partial charge on any atom is 0.242 e. The van der Waals surface area contributed by atoms with Crippen molar-refractivity contribution in [2.24, 2.45) is 5.73 Å². The first-order chi connectivity index (χ1) is 10.8. The zero-order valence-electron chi connectivity index (χ0n) is 12.4. The topological polar surface area (TPSA) is 64.9 Å². The molecule has 2 heterocycles. The highest BCUT2D eigenvalue weighted by atomic mass is 16.4. The van der Waals surface area contributed by atoms with E-state index in [4.69, 9.17) is 10.2 Å². The fourth-order valence-corrected chi connectivity index (χ4v) is 2.71. The molecular formula is C18H19N3O. The highest BCUT2D eigenvalue weighted by molar-refractivity contribution is 5.57. The summed E-state index contributed by atoms with van der Waals surface area (Å²) in [5.41, 5.74) is 8.82. The summed E-state index contributed by atoms with van der Waals surface area (Å²) in [5.74, 6) is 1.89. The van der Waals surface area contributed by atoms with Gasteiger partial charge in [0.2, 0.25) is 5.89 Å². The fraction of sp³-hybridized carbons (Fsp3) is 0.222. The van der Waals surface area contributed by atoms with Gasteiger partial charge in [0.25, 0.3) is 0 Å². The van der Waals surface area contributed by atoms with Crippen molar-refractivity contribution in [3.05, 3.63) is 78.3 Å². The second kappa shape index (κ2) is 6.43. The summed E-state index contributed by atoms with van der Waals surface area (Å²) >= 11 is 0. The Bertz CT molecular complexity index is 713. The summed E-state index contributed by atoms with van der Waals surface area (Å²) < 4.78 is 5.87. The van der Waals surface area contributed by atoms with Gasteiger partial charge >= 0.3 is 0 Å². The largest absolute Gasteiger partial charge is 0.440 e. The minimum atomic E-state index is 0.438. The van der Waals surface area contributed by atoms with Crippen LogP contribution in [0.25, 0.3) is 5.70 Å². The molecule has 2 aromatic rings. The second-order valence-corrected chi connectivity index (χ2v) is 5.36. The molecule has 1 aliphatic rings. The second-order valence-electron chi connectivity index (χ2n) is 5.36. The van der Waals surface area contributed by atoms with Crippen LogP contribution in [0, 0.1) is 0 Å². The Labute approximate surface area is 130 Å². The van der Waals surface area contributed by atoms with Crippen LogP contribution in [0.15, 0.2) is 59.8 Å². The number of aromatic nitrogens is 2. The molecule has 0 bridgehead atoms. The van der Waals surface area contributed by atoms with Crippen molar-refractivity contribution in [3.8, 4) is 0 Å². The van der Waals surface area contributed by atoms with E-state index in [-0.39, 0.29) is 0 Å². The lowest BCUT2D eigenvalue weighted by molar-refractivity contribution is 0.443. The fourth-order valence-electron chi connectivity index (χ4n) is 2.71. The molecule has 2 N–H and O–H groups in total. The van der Waals surface area contributed by atoms with E-state index in [1.165, 1.54) is 5.56 Å². The Morgan fingerprint density at radius 2 is 2.32 bits per heavy atom. The summed E-state index contributed by atoms with van der Waals surface area (Å²) in [6, 6.07) is 4.09. The van der Waals surface area contributed by atoms with Gasteiger partial charge in [-0.2, -0.15) is 0 Å². The van der Waals surface area contributed by atoms with Gasteiger partial charge < -0.3 is 10.2 Å². The van der Waals surface area contributed by atoms with E-state index in [1.807, 2.05) is 24.4 Å². The Hall–Kier alpha value is -2.62. The van der Waals surface area contributed by atoms with E-state index >= 15 is 0 Å². The lowest BCUT2D eigenvalue weighted by Gasteiger charge is -2.19. The Morgan fingerprint density at radius 1 is 1.41 bits per heavy atom. The molecule has 4 heteroatoms. The molecule has 0 saturated heterocycles. The number of nitrogens with two attached hydrogens (primary N) is 1. The van der Waals surface area contributed by atoms with Crippen LogP contribution in [-0.4, -0.2) is 9.97 Å². The lowest BCUT2D eigenvalue weighted by atomic mass is 9.86. The SMILES string of the molecule is C=C/C=C\C=C(/N)c1nc2c(o1)CC(c1cccnc1)CC2. The van der Waals surface area contributed by atoms with Gasteiger partial charge in [-0.1, -0.05) is 30.9 Å². The number of allylic oxidation sites excluding steroid dienone is 4. The van der Waals surface area contributed by atoms with Crippen LogP contribution in [0.5, 0.6) is 0 Å². The zero-order valence-corrected chi connectivity index (χ0v) is 12.4. The third-order valence-electron chi connectivity index (χ3n) is 3.87. The average molecular weight is 293 g/mol. The molecule has 1 atom stereocenters. The Balaban J connectivity index is 1.80. The number of hydrogen-bond acceptors (Lipinski definition) is 4. The molecule has 3 rings (SSSR count). The van der Waals surface area contributed by atoms with Crippen LogP contribution in [-0.2, 0) is 12.8 Å². The van der Waals surface area contributed by atoms with Crippen molar-refractivity contribution in [2.45, 2.75) is 25.2 Å². The molecule has 0 amide bonds. The first kappa shape index (κ1) is 14.3.